The first-order valence-corrected chi connectivity index (χ1v) is 10.2. The van der Waals surface area contributed by atoms with Crippen molar-refractivity contribution in [3.63, 3.8) is 0 Å². The number of rotatable bonds is 2. The molecule has 0 unspecified atom stereocenters. The van der Waals surface area contributed by atoms with E-state index in [1.165, 1.54) is 16.2 Å². The van der Waals surface area contributed by atoms with Gasteiger partial charge in [-0.15, -0.1) is 11.3 Å². The van der Waals surface area contributed by atoms with Gasteiger partial charge in [-0.1, -0.05) is 23.2 Å². The number of hydrogen-bond acceptors (Lipinski definition) is 4. The Balaban J connectivity index is 1.79. The summed E-state index contributed by atoms with van der Waals surface area (Å²) >= 11 is 18.7. The summed E-state index contributed by atoms with van der Waals surface area (Å²) in [5, 5.41) is 4.80. The molecule has 28 heavy (non-hydrogen) atoms. The Labute approximate surface area is 180 Å². The summed E-state index contributed by atoms with van der Waals surface area (Å²) in [6.45, 7) is 1.94. The lowest BCUT2D eigenvalue weighted by molar-refractivity contribution is -0.122. The minimum absolute atomic E-state index is 0.0179. The van der Waals surface area contributed by atoms with E-state index in [9.17, 15) is 9.59 Å². The second-order valence-corrected chi connectivity index (χ2v) is 8.51. The van der Waals surface area contributed by atoms with E-state index in [0.29, 0.717) is 15.7 Å². The Morgan fingerprint density at radius 2 is 1.75 bits per heavy atom. The lowest BCUT2D eigenvalue weighted by Gasteiger charge is -2.28. The number of aryl methyl sites for hydroxylation is 1. The molecule has 1 aromatic heterocycles. The molecular weight excluding hydrogens is 435 g/mol. The Bertz CT molecular complexity index is 1180. The third kappa shape index (κ3) is 3.33. The van der Waals surface area contributed by atoms with Crippen LogP contribution in [0.2, 0.25) is 10.0 Å². The first kappa shape index (κ1) is 19.1. The zero-order valence-corrected chi connectivity index (χ0v) is 17.6. The molecule has 1 saturated heterocycles. The molecule has 3 aromatic rings. The van der Waals surface area contributed by atoms with Gasteiger partial charge in [0.2, 0.25) is 0 Å². The summed E-state index contributed by atoms with van der Waals surface area (Å²) in [6, 6.07) is 12.3. The standard InChI is InChI=1S/C20H12Cl2N2O2S2/c1-10-14-8-12(22)4-7-16(14)28-17(10)9-15-18(25)23-20(27)24(19(15)26)13-5-2-11(21)3-6-13/h2-9H,1H3,(H,23,25,27). The summed E-state index contributed by atoms with van der Waals surface area (Å²) in [5.74, 6) is -0.999. The van der Waals surface area contributed by atoms with Gasteiger partial charge in [0, 0.05) is 19.6 Å². The molecule has 4 rings (SSSR count). The quantitative estimate of drug-likeness (QED) is 0.328. The van der Waals surface area contributed by atoms with E-state index < -0.39 is 11.8 Å². The van der Waals surface area contributed by atoms with Gasteiger partial charge in [0.05, 0.1) is 5.69 Å². The highest BCUT2D eigenvalue weighted by atomic mass is 35.5. The fraction of sp³-hybridized carbons (Fsp3) is 0.0500. The van der Waals surface area contributed by atoms with Crippen molar-refractivity contribution in [1.82, 2.24) is 5.32 Å². The van der Waals surface area contributed by atoms with Crippen LogP contribution in [-0.2, 0) is 9.59 Å². The number of nitrogens with zero attached hydrogens (tertiary/aromatic N) is 1. The molecule has 1 aliphatic rings. The molecule has 2 heterocycles. The van der Waals surface area contributed by atoms with Gasteiger partial charge in [0.1, 0.15) is 5.57 Å². The SMILES string of the molecule is Cc1c(C=C2C(=O)NC(=S)N(c3ccc(Cl)cc3)C2=O)sc2ccc(Cl)cc12. The van der Waals surface area contributed by atoms with Crippen molar-refractivity contribution in [2.75, 3.05) is 4.90 Å². The number of anilines is 1. The molecule has 1 aliphatic heterocycles. The van der Waals surface area contributed by atoms with Crippen molar-refractivity contribution in [1.29, 1.82) is 0 Å². The summed E-state index contributed by atoms with van der Waals surface area (Å²) in [7, 11) is 0. The highest BCUT2D eigenvalue weighted by Gasteiger charge is 2.34. The lowest BCUT2D eigenvalue weighted by atomic mass is 10.1. The summed E-state index contributed by atoms with van der Waals surface area (Å²) < 4.78 is 1.03. The normalized spacial score (nSPS) is 16.2. The van der Waals surface area contributed by atoms with Gasteiger partial charge in [-0.3, -0.25) is 19.8 Å². The summed E-state index contributed by atoms with van der Waals surface area (Å²) in [5.41, 5.74) is 1.51. The first-order valence-electron chi connectivity index (χ1n) is 8.21. The number of carbonyl (C=O) groups is 2. The third-order valence-electron chi connectivity index (χ3n) is 4.40. The molecule has 0 radical (unpaired) electrons. The summed E-state index contributed by atoms with van der Waals surface area (Å²) in [6.07, 6.45) is 1.61. The van der Waals surface area contributed by atoms with E-state index in [2.05, 4.69) is 5.32 Å². The van der Waals surface area contributed by atoms with Crippen LogP contribution >= 0.6 is 46.8 Å². The number of halogens is 2. The van der Waals surface area contributed by atoms with Crippen LogP contribution in [0.4, 0.5) is 5.69 Å². The number of benzene rings is 2. The number of amides is 2. The molecule has 140 valence electrons. The summed E-state index contributed by atoms with van der Waals surface area (Å²) in [4.78, 5) is 27.7. The van der Waals surface area contributed by atoms with Gasteiger partial charge in [-0.25, -0.2) is 0 Å². The van der Waals surface area contributed by atoms with Crippen molar-refractivity contribution in [3.05, 3.63) is 68.5 Å². The Kier molecular flexibility index (Phi) is 4.97. The molecule has 1 fully saturated rings. The van der Waals surface area contributed by atoms with Gasteiger partial charge >= 0.3 is 0 Å². The lowest BCUT2D eigenvalue weighted by Crippen LogP contribution is -2.54. The maximum Gasteiger partial charge on any atom is 0.270 e. The predicted molar refractivity (Wildman–Crippen MR) is 119 cm³/mol. The van der Waals surface area contributed by atoms with Gasteiger partial charge in [-0.05, 0) is 78.6 Å². The van der Waals surface area contributed by atoms with Crippen LogP contribution in [0.15, 0.2) is 48.0 Å². The molecular formula is C20H12Cl2N2O2S2. The first-order chi connectivity index (χ1) is 13.3. The van der Waals surface area contributed by atoms with Gasteiger partial charge in [-0.2, -0.15) is 0 Å². The number of fused-ring (bicyclic) bond motifs is 1. The minimum Gasteiger partial charge on any atom is -0.298 e. The molecule has 0 atom stereocenters. The number of thiocarbonyl (C=S) groups is 1. The molecule has 4 nitrogen and oxygen atoms in total. The molecule has 0 saturated carbocycles. The van der Waals surface area contributed by atoms with Crippen LogP contribution in [0.1, 0.15) is 10.4 Å². The topological polar surface area (TPSA) is 49.4 Å². The fourth-order valence-electron chi connectivity index (χ4n) is 2.96. The Hall–Kier alpha value is -2.25. The van der Waals surface area contributed by atoms with E-state index in [4.69, 9.17) is 35.4 Å². The predicted octanol–water partition coefficient (Wildman–Crippen LogP) is 5.35. The van der Waals surface area contributed by atoms with E-state index in [1.54, 1.807) is 30.3 Å². The van der Waals surface area contributed by atoms with Crippen LogP contribution in [0.25, 0.3) is 16.2 Å². The number of thiophene rings is 1. The third-order valence-corrected chi connectivity index (χ3v) is 6.39. The van der Waals surface area contributed by atoms with E-state index in [0.717, 1.165) is 20.5 Å². The molecule has 8 heteroatoms. The van der Waals surface area contributed by atoms with Gasteiger partial charge < -0.3 is 0 Å². The van der Waals surface area contributed by atoms with Gasteiger partial charge in [0.15, 0.2) is 5.11 Å². The second-order valence-electron chi connectivity index (χ2n) is 6.17. The van der Waals surface area contributed by atoms with E-state index in [1.807, 2.05) is 25.1 Å². The van der Waals surface area contributed by atoms with E-state index >= 15 is 0 Å². The molecule has 0 spiro atoms. The zero-order valence-electron chi connectivity index (χ0n) is 14.5. The van der Waals surface area contributed by atoms with Crippen molar-refractivity contribution in [2.24, 2.45) is 0 Å². The largest absolute Gasteiger partial charge is 0.298 e. The maximum atomic E-state index is 13.1. The molecule has 0 bridgehead atoms. The average molecular weight is 447 g/mol. The van der Waals surface area contributed by atoms with Gasteiger partial charge in [0.25, 0.3) is 11.8 Å². The Morgan fingerprint density at radius 1 is 1.07 bits per heavy atom. The van der Waals surface area contributed by atoms with Crippen LogP contribution < -0.4 is 10.2 Å². The van der Waals surface area contributed by atoms with E-state index in [-0.39, 0.29) is 10.7 Å². The smallest absolute Gasteiger partial charge is 0.270 e. The highest BCUT2D eigenvalue weighted by Crippen LogP contribution is 2.34. The number of nitrogens with one attached hydrogen (secondary N) is 1. The van der Waals surface area contributed by atoms with Crippen molar-refractivity contribution in [2.45, 2.75) is 6.92 Å². The molecule has 2 amide bonds. The number of hydrogen-bond donors (Lipinski definition) is 1. The molecule has 0 aliphatic carbocycles. The van der Waals surface area contributed by atoms with Crippen LogP contribution in [0.5, 0.6) is 0 Å². The van der Waals surface area contributed by atoms with Crippen molar-refractivity contribution < 1.29 is 9.59 Å². The fourth-order valence-corrected chi connectivity index (χ4v) is 4.68. The maximum absolute atomic E-state index is 13.1. The van der Waals surface area contributed by atoms with Crippen molar-refractivity contribution >= 4 is 85.5 Å². The highest BCUT2D eigenvalue weighted by molar-refractivity contribution is 7.80. The Morgan fingerprint density at radius 3 is 2.46 bits per heavy atom. The molecule has 1 N–H and O–H groups in total. The second kappa shape index (κ2) is 7.29. The monoisotopic (exact) mass is 446 g/mol. The van der Waals surface area contributed by atoms with Crippen LogP contribution in [-0.4, -0.2) is 16.9 Å². The van der Waals surface area contributed by atoms with Crippen LogP contribution in [0.3, 0.4) is 0 Å². The van der Waals surface area contributed by atoms with Crippen LogP contribution in [0, 0.1) is 6.92 Å². The minimum atomic E-state index is -0.518. The zero-order chi connectivity index (χ0) is 20.0. The molecule has 2 aromatic carbocycles. The number of carbonyl (C=O) groups excluding carboxylic acids is 2. The average Bonchev–Trinajstić information content (AvgIpc) is 2.95. The van der Waals surface area contributed by atoms with Crippen molar-refractivity contribution in [3.8, 4) is 0 Å².